The highest BCUT2D eigenvalue weighted by Gasteiger charge is 2.12. The summed E-state index contributed by atoms with van der Waals surface area (Å²) in [6, 6.07) is 7.51. The smallest absolute Gasteiger partial charge is 0.269 e. The molecule has 0 atom stereocenters. The van der Waals surface area contributed by atoms with Crippen LogP contribution in [-0.2, 0) is 14.1 Å². The van der Waals surface area contributed by atoms with Crippen molar-refractivity contribution in [2.75, 3.05) is 0 Å². The van der Waals surface area contributed by atoms with Gasteiger partial charge in [-0.05, 0) is 30.4 Å². The lowest BCUT2D eigenvalue weighted by atomic mass is 10.1. The van der Waals surface area contributed by atoms with Gasteiger partial charge in [0.1, 0.15) is 0 Å². The third-order valence-electron chi connectivity index (χ3n) is 3.57. The summed E-state index contributed by atoms with van der Waals surface area (Å²) in [5, 5.41) is 19.2. The lowest BCUT2D eigenvalue weighted by molar-refractivity contribution is -0.384. The van der Waals surface area contributed by atoms with Gasteiger partial charge >= 0.3 is 0 Å². The second kappa shape index (κ2) is 5.36. The Morgan fingerprint density at radius 1 is 1.13 bits per heavy atom. The van der Waals surface area contributed by atoms with Crippen molar-refractivity contribution in [1.29, 1.82) is 0 Å². The van der Waals surface area contributed by atoms with Crippen LogP contribution >= 0.6 is 12.2 Å². The van der Waals surface area contributed by atoms with E-state index in [4.69, 9.17) is 12.2 Å². The summed E-state index contributed by atoms with van der Waals surface area (Å²) < 4.78 is 3.32. The molecule has 0 unspecified atom stereocenters. The summed E-state index contributed by atoms with van der Waals surface area (Å²) in [5.41, 5.74) is 1.21. The minimum Gasteiger partial charge on any atom is -0.304 e. The average Bonchev–Trinajstić information content (AvgIpc) is 2.57. The van der Waals surface area contributed by atoms with E-state index in [-0.39, 0.29) is 11.2 Å². The molecule has 0 aliphatic heterocycles. The number of nitro groups is 1. The number of rotatable bonds is 2. The minimum absolute atomic E-state index is 0.0134. The second-order valence-electron chi connectivity index (χ2n) is 4.98. The van der Waals surface area contributed by atoms with Crippen LogP contribution in [0, 0.1) is 14.9 Å². The highest BCUT2D eigenvalue weighted by Crippen LogP contribution is 2.21. The molecule has 2 heterocycles. The van der Waals surface area contributed by atoms with Crippen molar-refractivity contribution in [3.8, 4) is 11.3 Å². The number of aryl methyl sites for hydroxylation is 1. The van der Waals surface area contributed by atoms with Crippen LogP contribution in [0.2, 0.25) is 0 Å². The molecule has 0 aliphatic rings. The predicted octanol–water partition coefficient (Wildman–Crippen LogP) is 1.97. The molecule has 0 saturated heterocycles. The molecule has 0 aliphatic carbocycles. The predicted molar refractivity (Wildman–Crippen MR) is 86.7 cm³/mol. The highest BCUT2D eigenvalue weighted by atomic mass is 32.1. The molecule has 0 amide bonds. The van der Waals surface area contributed by atoms with E-state index in [9.17, 15) is 14.9 Å². The lowest BCUT2D eigenvalue weighted by Crippen LogP contribution is -2.22. The Bertz CT molecular complexity index is 1050. The van der Waals surface area contributed by atoms with Crippen molar-refractivity contribution in [1.82, 2.24) is 19.3 Å². The molecule has 1 aromatic carbocycles. The van der Waals surface area contributed by atoms with E-state index in [1.807, 2.05) is 0 Å². The number of hydrogen-bond acceptors (Lipinski definition) is 6. The van der Waals surface area contributed by atoms with E-state index in [1.54, 1.807) is 36.9 Å². The molecule has 0 fully saturated rings. The number of fused-ring (bicyclic) bond motifs is 1. The zero-order valence-corrected chi connectivity index (χ0v) is 13.1. The molecule has 0 bridgehead atoms. The normalized spacial score (nSPS) is 10.9. The molecule has 0 saturated carbocycles. The third kappa shape index (κ3) is 2.40. The largest absolute Gasteiger partial charge is 0.304 e. The van der Waals surface area contributed by atoms with Crippen LogP contribution in [0.4, 0.5) is 5.69 Å². The molecular weight excluding hydrogens is 318 g/mol. The van der Waals surface area contributed by atoms with Gasteiger partial charge in [-0.25, -0.2) is 0 Å². The quantitative estimate of drug-likeness (QED) is 0.405. The second-order valence-corrected chi connectivity index (χ2v) is 5.34. The number of benzene rings is 1. The maximum atomic E-state index is 12.4. The summed E-state index contributed by atoms with van der Waals surface area (Å²) in [6.45, 7) is 0. The fourth-order valence-corrected chi connectivity index (χ4v) is 2.44. The molecule has 8 nitrogen and oxygen atoms in total. The first kappa shape index (κ1) is 15.0. The highest BCUT2D eigenvalue weighted by molar-refractivity contribution is 7.71. The number of nitrogens with zero attached hydrogens (tertiary/aromatic N) is 5. The van der Waals surface area contributed by atoms with Gasteiger partial charge in [0.2, 0.25) is 0 Å². The number of nitro benzene ring substituents is 1. The van der Waals surface area contributed by atoms with Gasteiger partial charge in [-0.3, -0.25) is 19.5 Å². The summed E-state index contributed by atoms with van der Waals surface area (Å²) in [5.74, 6) is 0. The van der Waals surface area contributed by atoms with E-state index < -0.39 is 4.92 Å². The molecule has 116 valence electrons. The molecule has 3 aromatic rings. The monoisotopic (exact) mass is 329 g/mol. The first-order valence-corrected chi connectivity index (χ1v) is 6.99. The topological polar surface area (TPSA) is 95.8 Å². The van der Waals surface area contributed by atoms with Crippen LogP contribution in [-0.4, -0.2) is 24.3 Å². The van der Waals surface area contributed by atoms with Crippen molar-refractivity contribution in [3.63, 3.8) is 0 Å². The zero-order chi connectivity index (χ0) is 16.7. The maximum absolute atomic E-state index is 12.4. The number of non-ortho nitro benzene ring substituents is 1. The molecule has 23 heavy (non-hydrogen) atoms. The van der Waals surface area contributed by atoms with Crippen molar-refractivity contribution in [3.05, 3.63) is 55.6 Å². The number of hydrogen-bond donors (Lipinski definition) is 0. The van der Waals surface area contributed by atoms with Gasteiger partial charge in [0.15, 0.2) is 10.4 Å². The zero-order valence-electron chi connectivity index (χ0n) is 12.3. The molecule has 9 heteroatoms. The Hall–Kier alpha value is -2.94. The summed E-state index contributed by atoms with van der Waals surface area (Å²) in [7, 11) is 3.31. The van der Waals surface area contributed by atoms with Gasteiger partial charge in [-0.15, -0.1) is 10.2 Å². The molecule has 0 radical (unpaired) electrons. The summed E-state index contributed by atoms with van der Waals surface area (Å²) >= 11 is 5.17. The van der Waals surface area contributed by atoms with Crippen molar-refractivity contribution in [2.45, 2.75) is 0 Å². The van der Waals surface area contributed by atoms with Gasteiger partial charge in [0, 0.05) is 31.8 Å². The Balaban J connectivity index is 2.23. The Labute approximate surface area is 134 Å². The molecule has 3 rings (SSSR count). The van der Waals surface area contributed by atoms with E-state index in [0.717, 1.165) is 0 Å². The van der Waals surface area contributed by atoms with Crippen LogP contribution in [0.25, 0.3) is 22.3 Å². The number of aromatic nitrogens is 4. The van der Waals surface area contributed by atoms with E-state index in [2.05, 4.69) is 10.2 Å². The fourth-order valence-electron chi connectivity index (χ4n) is 2.27. The van der Waals surface area contributed by atoms with Gasteiger partial charge in [0.05, 0.1) is 16.0 Å². The van der Waals surface area contributed by atoms with Crippen molar-refractivity contribution < 1.29 is 4.92 Å². The van der Waals surface area contributed by atoms with E-state index in [0.29, 0.717) is 27.1 Å². The first-order valence-electron chi connectivity index (χ1n) is 6.58. The van der Waals surface area contributed by atoms with Gasteiger partial charge in [0.25, 0.3) is 11.2 Å². The van der Waals surface area contributed by atoms with Crippen LogP contribution in [0.3, 0.4) is 0 Å². The molecule has 0 spiro atoms. The Morgan fingerprint density at radius 2 is 1.78 bits per heavy atom. The van der Waals surface area contributed by atoms with Gasteiger partial charge in [-0.1, -0.05) is 0 Å². The molecule has 0 N–H and O–H groups in total. The van der Waals surface area contributed by atoms with Crippen LogP contribution in [0.1, 0.15) is 0 Å². The minimum atomic E-state index is -0.475. The molecule has 2 aromatic heterocycles. The lowest BCUT2D eigenvalue weighted by Gasteiger charge is -2.08. The van der Waals surface area contributed by atoms with E-state index in [1.165, 1.54) is 16.7 Å². The molecular formula is C14H11N5O3S. The van der Waals surface area contributed by atoms with Crippen molar-refractivity contribution in [2.24, 2.45) is 14.1 Å². The SMILES string of the molecule is Cn1c(=O)c2cc(-c3ccc([N+](=O)[O-])cc3)nnc2n(C)c1=S. The maximum Gasteiger partial charge on any atom is 0.269 e. The van der Waals surface area contributed by atoms with Crippen LogP contribution in [0.5, 0.6) is 0 Å². The Morgan fingerprint density at radius 3 is 2.39 bits per heavy atom. The average molecular weight is 329 g/mol. The standard InChI is InChI=1S/C14H11N5O3S/c1-17-12-10(13(20)18(2)14(17)23)7-11(15-16-12)8-3-5-9(6-4-8)19(21)22/h3-7H,1-2H3. The van der Waals surface area contributed by atoms with Crippen LogP contribution < -0.4 is 5.56 Å². The van der Waals surface area contributed by atoms with Crippen molar-refractivity contribution >= 4 is 28.9 Å². The third-order valence-corrected chi connectivity index (χ3v) is 4.12. The Kier molecular flexibility index (Phi) is 3.49. The van der Waals surface area contributed by atoms with E-state index >= 15 is 0 Å². The van der Waals surface area contributed by atoms with Gasteiger partial charge < -0.3 is 4.57 Å². The van der Waals surface area contributed by atoms with Gasteiger partial charge in [-0.2, -0.15) is 0 Å². The fraction of sp³-hybridized carbons (Fsp3) is 0.143. The summed E-state index contributed by atoms with van der Waals surface area (Å²) in [4.78, 5) is 22.6. The summed E-state index contributed by atoms with van der Waals surface area (Å²) in [6.07, 6.45) is 0. The first-order chi connectivity index (χ1) is 10.9. The van der Waals surface area contributed by atoms with Crippen LogP contribution in [0.15, 0.2) is 35.1 Å².